The molecule has 82 valence electrons. The first-order valence-corrected chi connectivity index (χ1v) is 4.39. The number of rotatable bonds is 7. The third kappa shape index (κ3) is 6.18. The molecule has 0 radical (unpaired) electrons. The Bertz CT molecular complexity index is 280. The van der Waals surface area contributed by atoms with Crippen LogP contribution in [0.1, 0.15) is 19.3 Å². The summed E-state index contributed by atoms with van der Waals surface area (Å²) in [4.78, 5) is 13.6. The van der Waals surface area contributed by atoms with Gasteiger partial charge >= 0.3 is 5.97 Å². The first-order valence-electron chi connectivity index (χ1n) is 4.39. The Hall–Kier alpha value is -1.93. The zero-order chi connectivity index (χ0) is 11.5. The molecule has 0 aliphatic carbocycles. The van der Waals surface area contributed by atoms with Gasteiger partial charge in [-0.05, 0) is 24.8 Å². The molecule has 0 heterocycles. The van der Waals surface area contributed by atoms with Crippen LogP contribution in [0, 0.1) is 11.5 Å². The lowest BCUT2D eigenvalue weighted by molar-refractivity contribution is -0.142. The summed E-state index contributed by atoms with van der Waals surface area (Å²) in [6, 6.07) is -0.790. The maximum absolute atomic E-state index is 11.1. The lowest BCUT2D eigenvalue weighted by atomic mass is 10.1. The Balaban J connectivity index is 3.82. The average Bonchev–Trinajstić information content (AvgIpc) is 2.26. The van der Waals surface area contributed by atoms with Crippen LogP contribution in [0.2, 0.25) is 0 Å². The van der Waals surface area contributed by atoms with Crippen LogP contribution in [-0.2, 0) is 14.3 Å². The van der Waals surface area contributed by atoms with E-state index in [1.54, 1.807) is 6.26 Å². The van der Waals surface area contributed by atoms with Crippen molar-refractivity contribution < 1.29 is 14.3 Å². The van der Waals surface area contributed by atoms with Crippen LogP contribution in [0.4, 0.5) is 0 Å². The number of carbonyl (C=O) groups excluding carboxylic acids is 1. The van der Waals surface area contributed by atoms with Crippen LogP contribution in [0.3, 0.4) is 0 Å². The third-order valence-corrected chi connectivity index (χ3v) is 1.70. The molecule has 0 rings (SSSR count). The number of esters is 1. The minimum Gasteiger partial charge on any atom is -0.469 e. The second kappa shape index (κ2) is 8.66. The summed E-state index contributed by atoms with van der Waals surface area (Å²) in [5.74, 6) is -0.547. The molecule has 15 heavy (non-hydrogen) atoms. The summed E-state index contributed by atoms with van der Waals surface area (Å²) in [7, 11) is 1.24. The molecule has 0 aromatic heterocycles. The maximum Gasteiger partial charge on any atom is 0.314 e. The van der Waals surface area contributed by atoms with E-state index in [1.807, 2.05) is 0 Å². The number of azide groups is 1. The monoisotopic (exact) mass is 212 g/mol. The van der Waals surface area contributed by atoms with Crippen LogP contribution in [-0.4, -0.2) is 25.7 Å². The van der Waals surface area contributed by atoms with Crippen molar-refractivity contribution in [3.8, 4) is 6.26 Å². The number of carbonyl (C=O) groups is 1. The van der Waals surface area contributed by atoms with Gasteiger partial charge in [-0.3, -0.25) is 4.79 Å². The summed E-state index contributed by atoms with van der Waals surface area (Å²) in [5, 5.41) is 11.4. The third-order valence-electron chi connectivity index (χ3n) is 1.70. The van der Waals surface area contributed by atoms with Crippen molar-refractivity contribution in [1.29, 1.82) is 5.26 Å². The number of methoxy groups -OCH3 is 1. The zero-order valence-corrected chi connectivity index (χ0v) is 8.42. The van der Waals surface area contributed by atoms with Crippen molar-refractivity contribution in [3.05, 3.63) is 10.4 Å². The quantitative estimate of drug-likeness (QED) is 0.159. The number of nitrogens with zero attached hydrogens (tertiary/aromatic N) is 4. The van der Waals surface area contributed by atoms with E-state index in [9.17, 15) is 4.79 Å². The fraction of sp³-hybridized carbons (Fsp3) is 0.750. The van der Waals surface area contributed by atoms with Crippen LogP contribution in [0.25, 0.3) is 10.4 Å². The van der Waals surface area contributed by atoms with Crippen molar-refractivity contribution in [3.63, 3.8) is 0 Å². The lowest BCUT2D eigenvalue weighted by Crippen LogP contribution is -2.19. The number of hydrogen-bond acceptors (Lipinski definition) is 5. The van der Waals surface area contributed by atoms with E-state index in [0.717, 1.165) is 0 Å². The predicted octanol–water partition coefficient (Wildman–Crippen LogP) is 1.51. The highest BCUT2D eigenvalue weighted by Crippen LogP contribution is 2.07. The first-order chi connectivity index (χ1) is 7.26. The highest BCUT2D eigenvalue weighted by molar-refractivity contribution is 5.75. The van der Waals surface area contributed by atoms with E-state index in [2.05, 4.69) is 19.5 Å². The molecule has 1 atom stereocenters. The molecule has 0 aliphatic heterocycles. The van der Waals surface area contributed by atoms with E-state index in [1.165, 1.54) is 7.11 Å². The van der Waals surface area contributed by atoms with Crippen molar-refractivity contribution in [2.45, 2.75) is 25.3 Å². The van der Waals surface area contributed by atoms with Gasteiger partial charge in [-0.1, -0.05) is 5.11 Å². The lowest BCUT2D eigenvalue weighted by Gasteiger charge is -2.07. The molecule has 7 heteroatoms. The normalized spacial score (nSPS) is 10.7. The van der Waals surface area contributed by atoms with Gasteiger partial charge < -0.3 is 9.47 Å². The molecule has 0 saturated heterocycles. The second-order valence-electron chi connectivity index (χ2n) is 2.68. The smallest absolute Gasteiger partial charge is 0.314 e. The molecule has 7 nitrogen and oxygen atoms in total. The van der Waals surface area contributed by atoms with Gasteiger partial charge in [0.1, 0.15) is 12.6 Å². The average molecular weight is 212 g/mol. The molecule has 0 unspecified atom stereocenters. The molecule has 0 aromatic carbocycles. The number of nitriles is 1. The van der Waals surface area contributed by atoms with Gasteiger partial charge in [-0.15, -0.1) is 0 Å². The summed E-state index contributed by atoms with van der Waals surface area (Å²) >= 11 is 0. The number of ether oxygens (including phenoxy) is 2. The summed E-state index contributed by atoms with van der Waals surface area (Å²) in [6.07, 6.45) is 3.19. The van der Waals surface area contributed by atoms with Crippen molar-refractivity contribution in [2.75, 3.05) is 13.7 Å². The van der Waals surface area contributed by atoms with Gasteiger partial charge in [0.15, 0.2) is 0 Å². The van der Waals surface area contributed by atoms with Gasteiger partial charge in [0.2, 0.25) is 0 Å². The number of hydrogen-bond donors (Lipinski definition) is 0. The Kier molecular flexibility index (Phi) is 7.54. The molecule has 0 fully saturated rings. The van der Waals surface area contributed by atoms with E-state index in [-0.39, 0.29) is 0 Å². The maximum atomic E-state index is 11.1. The predicted molar refractivity (Wildman–Crippen MR) is 50.4 cm³/mol. The zero-order valence-electron chi connectivity index (χ0n) is 8.42. The van der Waals surface area contributed by atoms with Crippen LogP contribution in [0.5, 0.6) is 0 Å². The standard InChI is InChI=1S/C8H12N4O3/c1-14-8(13)7(11-12-10)4-2-3-5-15-6-9/h7H,2-5H2,1H3/t7-/m0/s1. The van der Waals surface area contributed by atoms with Gasteiger partial charge in [-0.25, -0.2) is 0 Å². The van der Waals surface area contributed by atoms with Crippen molar-refractivity contribution >= 4 is 5.97 Å². The highest BCUT2D eigenvalue weighted by atomic mass is 16.5. The minimum atomic E-state index is -0.790. The SMILES string of the molecule is COC(=O)[C@H](CCCCOC#N)N=[N+]=[N-]. The Morgan fingerprint density at radius 1 is 1.67 bits per heavy atom. The Morgan fingerprint density at radius 2 is 2.40 bits per heavy atom. The molecular formula is C8H12N4O3. The summed E-state index contributed by atoms with van der Waals surface area (Å²) < 4.78 is 8.90. The van der Waals surface area contributed by atoms with E-state index in [0.29, 0.717) is 25.9 Å². The largest absolute Gasteiger partial charge is 0.469 e. The molecule has 0 N–H and O–H groups in total. The first kappa shape index (κ1) is 13.1. The van der Waals surface area contributed by atoms with Gasteiger partial charge in [0, 0.05) is 4.91 Å². The van der Waals surface area contributed by atoms with E-state index < -0.39 is 12.0 Å². The van der Waals surface area contributed by atoms with Gasteiger partial charge in [0.25, 0.3) is 6.26 Å². The molecule has 0 aliphatic rings. The molecule has 0 saturated carbocycles. The fourth-order valence-corrected chi connectivity index (χ4v) is 0.979. The second-order valence-corrected chi connectivity index (χ2v) is 2.68. The molecular weight excluding hydrogens is 200 g/mol. The van der Waals surface area contributed by atoms with Crippen LogP contribution < -0.4 is 0 Å². The van der Waals surface area contributed by atoms with Crippen molar-refractivity contribution in [2.24, 2.45) is 5.11 Å². The van der Waals surface area contributed by atoms with Gasteiger partial charge in [0.05, 0.1) is 7.11 Å². The van der Waals surface area contributed by atoms with E-state index in [4.69, 9.17) is 10.8 Å². The van der Waals surface area contributed by atoms with Crippen molar-refractivity contribution in [1.82, 2.24) is 0 Å². The Morgan fingerprint density at radius 3 is 2.93 bits per heavy atom. The number of unbranched alkanes of at least 4 members (excludes halogenated alkanes) is 1. The highest BCUT2D eigenvalue weighted by Gasteiger charge is 2.16. The topological polar surface area (TPSA) is 108 Å². The minimum absolute atomic E-state index is 0.306. The molecule has 0 amide bonds. The van der Waals surface area contributed by atoms with Gasteiger partial charge in [-0.2, -0.15) is 5.26 Å². The summed E-state index contributed by atoms with van der Waals surface area (Å²) in [6.45, 7) is 0.306. The summed E-state index contributed by atoms with van der Waals surface area (Å²) in [5.41, 5.74) is 8.20. The molecule has 0 spiro atoms. The molecule has 0 aromatic rings. The van der Waals surface area contributed by atoms with Crippen LogP contribution >= 0.6 is 0 Å². The fourth-order valence-electron chi connectivity index (χ4n) is 0.979. The Labute approximate surface area is 87.2 Å². The molecule has 0 bridgehead atoms. The van der Waals surface area contributed by atoms with E-state index >= 15 is 0 Å². The van der Waals surface area contributed by atoms with Crippen LogP contribution in [0.15, 0.2) is 5.11 Å².